The number of carbonyl (C=O) groups excluding carboxylic acids is 2. The Morgan fingerprint density at radius 2 is 1.61 bits per heavy atom. The number of alkyl halides is 5. The van der Waals surface area contributed by atoms with Crippen molar-refractivity contribution in [1.82, 2.24) is 0 Å². The Balaban J connectivity index is 4.11. The third-order valence-electron chi connectivity index (χ3n) is 2.13. The lowest BCUT2D eigenvalue weighted by atomic mass is 10.3. The van der Waals surface area contributed by atoms with Crippen molar-refractivity contribution in [2.24, 2.45) is 0 Å². The SMILES string of the molecule is C=C(C(=O)OCCCC(=O)OCC(F)(F)S(=O)(=O)O)C(F)(F)F. The van der Waals surface area contributed by atoms with Crippen molar-refractivity contribution in [3.8, 4) is 0 Å². The van der Waals surface area contributed by atoms with Gasteiger partial charge in [-0.15, -0.1) is 0 Å². The van der Waals surface area contributed by atoms with E-state index in [2.05, 4.69) is 16.1 Å². The van der Waals surface area contributed by atoms with E-state index in [0.29, 0.717) is 0 Å². The van der Waals surface area contributed by atoms with Gasteiger partial charge in [-0.25, -0.2) is 4.79 Å². The number of esters is 2. The molecule has 13 heteroatoms. The van der Waals surface area contributed by atoms with E-state index >= 15 is 0 Å². The van der Waals surface area contributed by atoms with Crippen molar-refractivity contribution in [2.75, 3.05) is 13.2 Å². The maximum atomic E-state index is 12.7. The lowest BCUT2D eigenvalue weighted by molar-refractivity contribution is -0.154. The van der Waals surface area contributed by atoms with Crippen LogP contribution in [0.2, 0.25) is 0 Å². The first-order valence-electron chi connectivity index (χ1n) is 5.62. The van der Waals surface area contributed by atoms with Crippen LogP contribution in [0.15, 0.2) is 12.2 Å². The van der Waals surface area contributed by atoms with E-state index in [-0.39, 0.29) is 6.42 Å². The maximum absolute atomic E-state index is 12.7. The zero-order chi connectivity index (χ0) is 18.5. The molecule has 1 N–H and O–H groups in total. The Morgan fingerprint density at radius 1 is 1.09 bits per heavy atom. The summed E-state index contributed by atoms with van der Waals surface area (Å²) in [5.74, 6) is -3.09. The van der Waals surface area contributed by atoms with E-state index < -0.39 is 58.7 Å². The molecule has 0 aliphatic rings. The van der Waals surface area contributed by atoms with Gasteiger partial charge in [0.05, 0.1) is 6.61 Å². The number of hydrogen-bond acceptors (Lipinski definition) is 6. The second-order valence-corrected chi connectivity index (χ2v) is 5.54. The fourth-order valence-corrected chi connectivity index (χ4v) is 1.10. The zero-order valence-electron chi connectivity index (χ0n) is 11.2. The summed E-state index contributed by atoms with van der Waals surface area (Å²) in [7, 11) is -5.75. The molecule has 0 aromatic carbocycles. The van der Waals surface area contributed by atoms with Crippen LogP contribution >= 0.6 is 0 Å². The van der Waals surface area contributed by atoms with E-state index in [1.54, 1.807) is 0 Å². The van der Waals surface area contributed by atoms with Crippen molar-refractivity contribution >= 4 is 22.1 Å². The lowest BCUT2D eigenvalue weighted by Crippen LogP contribution is -2.34. The third kappa shape index (κ3) is 7.36. The van der Waals surface area contributed by atoms with Crippen molar-refractivity contribution in [1.29, 1.82) is 0 Å². The summed E-state index contributed by atoms with van der Waals surface area (Å²) < 4.78 is 98.0. The quantitative estimate of drug-likeness (QED) is 0.227. The van der Waals surface area contributed by atoms with Crippen LogP contribution in [-0.2, 0) is 29.2 Å². The van der Waals surface area contributed by atoms with Gasteiger partial charge in [-0.3, -0.25) is 9.35 Å². The number of halogens is 5. The average Bonchev–Trinajstić information content (AvgIpc) is 2.38. The molecule has 0 aliphatic heterocycles. The van der Waals surface area contributed by atoms with Gasteiger partial charge < -0.3 is 9.47 Å². The Morgan fingerprint density at radius 3 is 2.04 bits per heavy atom. The summed E-state index contributed by atoms with van der Waals surface area (Å²) in [6.07, 6.45) is -5.99. The fourth-order valence-electron chi connectivity index (χ4n) is 0.895. The molecule has 7 nitrogen and oxygen atoms in total. The van der Waals surface area contributed by atoms with Gasteiger partial charge >= 0.3 is 33.5 Å². The molecule has 0 aliphatic carbocycles. The molecule has 0 saturated carbocycles. The summed E-state index contributed by atoms with van der Waals surface area (Å²) in [6, 6.07) is 0. The largest absolute Gasteiger partial charge is 0.462 e. The molecule has 0 radical (unpaired) electrons. The monoisotopic (exact) mass is 370 g/mol. The minimum atomic E-state index is -5.75. The van der Waals surface area contributed by atoms with Crippen LogP contribution in [0.3, 0.4) is 0 Å². The molecule has 0 heterocycles. The molecule has 0 bridgehead atoms. The van der Waals surface area contributed by atoms with Crippen LogP contribution < -0.4 is 0 Å². The van der Waals surface area contributed by atoms with Gasteiger partial charge in [-0.2, -0.15) is 30.4 Å². The Kier molecular flexibility index (Phi) is 7.09. The smallest absolute Gasteiger partial charge is 0.422 e. The Labute approximate surface area is 126 Å². The van der Waals surface area contributed by atoms with Crippen molar-refractivity contribution in [3.05, 3.63) is 12.2 Å². The van der Waals surface area contributed by atoms with Crippen LogP contribution in [0.4, 0.5) is 22.0 Å². The molecule has 23 heavy (non-hydrogen) atoms. The first-order valence-corrected chi connectivity index (χ1v) is 7.06. The molecule has 0 unspecified atom stereocenters. The Hall–Kier alpha value is -1.76. The summed E-state index contributed by atoms with van der Waals surface area (Å²) >= 11 is 0. The molecule has 0 spiro atoms. The molecule has 134 valence electrons. The van der Waals surface area contributed by atoms with E-state index in [4.69, 9.17) is 4.55 Å². The van der Waals surface area contributed by atoms with Gasteiger partial charge in [-0.05, 0) is 6.42 Å². The van der Waals surface area contributed by atoms with Gasteiger partial charge in [0.25, 0.3) is 0 Å². The van der Waals surface area contributed by atoms with Crippen LogP contribution in [0.25, 0.3) is 0 Å². The van der Waals surface area contributed by atoms with Crippen LogP contribution in [0, 0.1) is 0 Å². The highest BCUT2D eigenvalue weighted by Crippen LogP contribution is 2.25. The molecule has 0 fully saturated rings. The number of rotatable bonds is 8. The maximum Gasteiger partial charge on any atom is 0.422 e. The van der Waals surface area contributed by atoms with Gasteiger partial charge in [0.2, 0.25) is 0 Å². The predicted molar refractivity (Wildman–Crippen MR) is 62.8 cm³/mol. The normalized spacial score (nSPS) is 12.6. The Bertz CT molecular complexity index is 567. The van der Waals surface area contributed by atoms with Gasteiger partial charge in [0.1, 0.15) is 5.57 Å². The third-order valence-corrected chi connectivity index (χ3v) is 3.00. The van der Waals surface area contributed by atoms with Crippen molar-refractivity contribution in [3.63, 3.8) is 0 Å². The molecule has 0 amide bonds. The minimum absolute atomic E-state index is 0.368. The predicted octanol–water partition coefficient (Wildman–Crippen LogP) is 1.45. The summed E-state index contributed by atoms with van der Waals surface area (Å²) in [5.41, 5.74) is -1.76. The van der Waals surface area contributed by atoms with Gasteiger partial charge in [0, 0.05) is 6.42 Å². The van der Waals surface area contributed by atoms with Crippen LogP contribution in [0.5, 0.6) is 0 Å². The molecule has 0 saturated heterocycles. The van der Waals surface area contributed by atoms with Crippen LogP contribution in [0.1, 0.15) is 12.8 Å². The summed E-state index contributed by atoms with van der Waals surface area (Å²) in [6.45, 7) is -0.126. The molecule has 0 aromatic heterocycles. The van der Waals surface area contributed by atoms with Crippen LogP contribution in [-0.4, -0.2) is 49.6 Å². The van der Waals surface area contributed by atoms with Crippen molar-refractivity contribution in [2.45, 2.75) is 24.3 Å². The highest BCUT2D eigenvalue weighted by molar-refractivity contribution is 7.86. The van der Waals surface area contributed by atoms with Gasteiger partial charge in [-0.1, -0.05) is 6.58 Å². The highest BCUT2D eigenvalue weighted by Gasteiger charge is 2.45. The second kappa shape index (κ2) is 7.68. The second-order valence-electron chi connectivity index (χ2n) is 3.99. The lowest BCUT2D eigenvalue weighted by Gasteiger charge is -2.13. The first-order chi connectivity index (χ1) is 10.2. The van der Waals surface area contributed by atoms with E-state index in [1.807, 2.05) is 0 Å². The molecular formula is C10H11F5O7S. The van der Waals surface area contributed by atoms with Gasteiger partial charge in [0.15, 0.2) is 6.61 Å². The summed E-state index contributed by atoms with van der Waals surface area (Å²) in [5, 5.41) is -4.69. The minimum Gasteiger partial charge on any atom is -0.462 e. The standard InChI is InChI=1S/C10H11F5O7S/c1-6(10(13,14)15)8(17)21-4-2-3-7(16)22-5-9(11,12)23(18,19)20/h1-5H2,(H,18,19,20). The van der Waals surface area contributed by atoms with E-state index in [0.717, 1.165) is 0 Å². The first kappa shape index (κ1) is 21.2. The topological polar surface area (TPSA) is 107 Å². The number of carbonyl (C=O) groups is 2. The average molecular weight is 370 g/mol. The van der Waals surface area contributed by atoms with Crippen molar-refractivity contribution < 1.29 is 54.0 Å². The molecule has 0 atom stereocenters. The molecule has 0 rings (SSSR count). The van der Waals surface area contributed by atoms with E-state index in [1.165, 1.54) is 0 Å². The highest BCUT2D eigenvalue weighted by atomic mass is 32.2. The number of ether oxygens (including phenoxy) is 2. The fraction of sp³-hybridized carbons (Fsp3) is 0.600. The van der Waals surface area contributed by atoms with E-state index in [9.17, 15) is 40.0 Å². The molecule has 0 aromatic rings. The number of hydrogen-bond donors (Lipinski definition) is 1. The molecular weight excluding hydrogens is 359 g/mol. The summed E-state index contributed by atoms with van der Waals surface area (Å²) in [4.78, 5) is 21.8. The zero-order valence-corrected chi connectivity index (χ0v) is 12.0.